The van der Waals surface area contributed by atoms with Crippen LogP contribution in [0.4, 0.5) is 22.7 Å². The van der Waals surface area contributed by atoms with Gasteiger partial charge in [-0.2, -0.15) is 0 Å². The molecule has 1 heterocycles. The number of ketones is 1. The lowest BCUT2D eigenvalue weighted by Gasteiger charge is -2.23. The van der Waals surface area contributed by atoms with Crippen molar-refractivity contribution in [3.63, 3.8) is 0 Å². The molecule has 4 aromatic carbocycles. The van der Waals surface area contributed by atoms with Crippen LogP contribution in [-0.2, 0) is 9.53 Å². The van der Waals surface area contributed by atoms with E-state index in [1.54, 1.807) is 0 Å². The van der Waals surface area contributed by atoms with Crippen molar-refractivity contribution in [3.8, 4) is 22.6 Å². The Morgan fingerprint density at radius 3 is 2.02 bits per heavy atom. The molecule has 1 saturated heterocycles. The minimum absolute atomic E-state index is 0.00318. The third-order valence-corrected chi connectivity index (χ3v) is 8.13. The van der Waals surface area contributed by atoms with E-state index < -0.39 is 0 Å². The van der Waals surface area contributed by atoms with Crippen LogP contribution in [0, 0.1) is 0 Å². The van der Waals surface area contributed by atoms with Gasteiger partial charge in [-0.1, -0.05) is 36.9 Å². The summed E-state index contributed by atoms with van der Waals surface area (Å²) >= 11 is 0. The number of anilines is 4. The molecular weight excluding hydrogens is 524 g/mol. The molecule has 0 bridgehead atoms. The summed E-state index contributed by atoms with van der Waals surface area (Å²) in [7, 11) is 4.11. The molecular formula is C36H36N2O4. The molecule has 6 nitrogen and oxygen atoms in total. The lowest BCUT2D eigenvalue weighted by Crippen LogP contribution is -2.28. The first-order chi connectivity index (χ1) is 20.5. The summed E-state index contributed by atoms with van der Waals surface area (Å²) in [6, 6.07) is 33.1. The predicted molar refractivity (Wildman–Crippen MR) is 169 cm³/mol. The van der Waals surface area contributed by atoms with Crippen LogP contribution in [0.15, 0.2) is 110 Å². The number of carbonyl (C=O) groups is 1. The van der Waals surface area contributed by atoms with Crippen LogP contribution in [0.3, 0.4) is 0 Å². The fourth-order valence-corrected chi connectivity index (χ4v) is 5.50. The monoisotopic (exact) mass is 560 g/mol. The summed E-state index contributed by atoms with van der Waals surface area (Å²) in [5, 5.41) is 0. The van der Waals surface area contributed by atoms with Gasteiger partial charge in [-0.05, 0) is 97.1 Å². The van der Waals surface area contributed by atoms with Gasteiger partial charge in [0, 0.05) is 42.9 Å². The minimum Gasteiger partial charge on any atom is -0.488 e. The van der Waals surface area contributed by atoms with E-state index in [0.29, 0.717) is 11.9 Å². The van der Waals surface area contributed by atoms with E-state index in [1.165, 1.54) is 12.5 Å². The summed E-state index contributed by atoms with van der Waals surface area (Å²) in [5.74, 6) is 1.40. The number of carbonyl (C=O) groups excluding carboxylic acids is 1. The largest absolute Gasteiger partial charge is 0.488 e. The number of hydrogen-bond acceptors (Lipinski definition) is 6. The van der Waals surface area contributed by atoms with Crippen molar-refractivity contribution in [1.29, 1.82) is 0 Å². The first-order valence-electron chi connectivity index (χ1n) is 14.5. The second-order valence-corrected chi connectivity index (χ2v) is 10.9. The number of ether oxygens (including phenoxy) is 3. The normalized spacial score (nSPS) is 18.9. The molecule has 0 radical (unpaired) electrons. The van der Waals surface area contributed by atoms with Crippen molar-refractivity contribution in [2.45, 2.75) is 37.6 Å². The zero-order valence-electron chi connectivity index (χ0n) is 24.1. The second kappa shape index (κ2) is 12.1. The molecule has 4 aromatic rings. The molecule has 6 heteroatoms. The van der Waals surface area contributed by atoms with Gasteiger partial charge < -0.3 is 24.0 Å². The van der Waals surface area contributed by atoms with Crippen molar-refractivity contribution < 1.29 is 19.0 Å². The first-order valence-corrected chi connectivity index (χ1v) is 14.5. The van der Waals surface area contributed by atoms with Crippen LogP contribution in [0.5, 0.6) is 11.5 Å². The van der Waals surface area contributed by atoms with E-state index in [-0.39, 0.29) is 24.6 Å². The van der Waals surface area contributed by atoms with Gasteiger partial charge in [-0.3, -0.25) is 4.79 Å². The molecule has 0 spiro atoms. The van der Waals surface area contributed by atoms with Crippen LogP contribution in [0.25, 0.3) is 11.1 Å². The highest BCUT2D eigenvalue weighted by molar-refractivity contribution is 5.90. The summed E-state index contributed by atoms with van der Waals surface area (Å²) in [6.07, 6.45) is 5.50. The maximum absolute atomic E-state index is 11.4. The van der Waals surface area contributed by atoms with Crippen molar-refractivity contribution in [2.24, 2.45) is 0 Å². The zero-order valence-corrected chi connectivity index (χ0v) is 24.1. The van der Waals surface area contributed by atoms with Crippen LogP contribution < -0.4 is 19.3 Å². The Kier molecular flexibility index (Phi) is 7.97. The summed E-state index contributed by atoms with van der Waals surface area (Å²) in [4.78, 5) is 15.7. The number of epoxide rings is 1. The topological polar surface area (TPSA) is 54.5 Å². The van der Waals surface area contributed by atoms with Crippen LogP contribution >= 0.6 is 0 Å². The number of nitrogens with zero attached hydrogens (tertiary/aromatic N) is 2. The second-order valence-electron chi connectivity index (χ2n) is 10.9. The van der Waals surface area contributed by atoms with Gasteiger partial charge in [0.05, 0.1) is 6.10 Å². The fourth-order valence-electron chi connectivity index (χ4n) is 5.50. The molecule has 2 aliphatic rings. The molecule has 3 atom stereocenters. The van der Waals surface area contributed by atoms with E-state index in [2.05, 4.69) is 90.2 Å². The molecule has 0 amide bonds. The van der Waals surface area contributed by atoms with Crippen LogP contribution in [0.1, 0.15) is 19.3 Å². The van der Waals surface area contributed by atoms with Gasteiger partial charge in [0.2, 0.25) is 0 Å². The first kappa shape index (κ1) is 27.6. The lowest BCUT2D eigenvalue weighted by molar-refractivity contribution is -0.116. The Morgan fingerprint density at radius 1 is 0.810 bits per heavy atom. The molecule has 0 aromatic heterocycles. The van der Waals surface area contributed by atoms with E-state index in [0.717, 1.165) is 52.5 Å². The Bertz CT molecular complexity index is 1530. The summed E-state index contributed by atoms with van der Waals surface area (Å²) < 4.78 is 17.6. The maximum Gasteiger partial charge on any atom is 0.192 e. The smallest absolute Gasteiger partial charge is 0.192 e. The number of hydrogen-bond donors (Lipinski definition) is 0. The van der Waals surface area contributed by atoms with E-state index in [4.69, 9.17) is 14.2 Å². The molecule has 6 rings (SSSR count). The van der Waals surface area contributed by atoms with Crippen molar-refractivity contribution in [3.05, 3.63) is 110 Å². The molecule has 2 fully saturated rings. The van der Waals surface area contributed by atoms with Crippen LogP contribution in [-0.4, -0.2) is 44.8 Å². The lowest BCUT2D eigenvalue weighted by atomic mass is 9.98. The predicted octanol–water partition coefficient (Wildman–Crippen LogP) is 7.72. The van der Waals surface area contributed by atoms with Gasteiger partial charge >= 0.3 is 0 Å². The van der Waals surface area contributed by atoms with E-state index in [9.17, 15) is 4.79 Å². The minimum atomic E-state index is -0.143. The van der Waals surface area contributed by atoms with Crippen molar-refractivity contribution >= 4 is 28.5 Å². The Hall–Kier alpha value is -4.55. The highest BCUT2D eigenvalue weighted by atomic mass is 16.6. The standard InChI is InChI=1S/C36H36N2O4/c1-4-31(39)24-40-32-21-19-29(20-22-32)37(2)27-15-11-25(12-16-27)26-13-17-28(18-14-26)38(3)30-7-5-8-33(23-30)41-34-9-6-10-35-36(34)42-35/h4-5,7-8,11-23,34-36H,1,6,9-10,24H2,2-3H3. The fraction of sp³-hybridized carbons (Fsp3) is 0.250. The van der Waals surface area contributed by atoms with Crippen molar-refractivity contribution in [1.82, 2.24) is 0 Å². The molecule has 1 aliphatic heterocycles. The van der Waals surface area contributed by atoms with Crippen molar-refractivity contribution in [2.75, 3.05) is 30.5 Å². The third kappa shape index (κ3) is 6.19. The number of rotatable bonds is 11. The van der Waals surface area contributed by atoms with E-state index >= 15 is 0 Å². The Balaban J connectivity index is 1.08. The Labute approximate surface area is 247 Å². The van der Waals surface area contributed by atoms with Gasteiger partial charge in [-0.15, -0.1) is 0 Å². The number of fused-ring (bicyclic) bond motifs is 1. The molecule has 0 N–H and O–H groups in total. The van der Waals surface area contributed by atoms with Gasteiger partial charge in [-0.25, -0.2) is 0 Å². The maximum atomic E-state index is 11.4. The van der Waals surface area contributed by atoms with E-state index in [1.807, 2.05) is 37.4 Å². The molecule has 1 aliphatic carbocycles. The summed E-state index contributed by atoms with van der Waals surface area (Å²) in [6.45, 7) is 3.46. The average Bonchev–Trinajstić information content (AvgIpc) is 3.85. The quantitative estimate of drug-likeness (QED) is 0.138. The highest BCUT2D eigenvalue weighted by Gasteiger charge is 2.48. The van der Waals surface area contributed by atoms with Gasteiger partial charge in [0.15, 0.2) is 12.4 Å². The SMILES string of the molecule is C=CC(=O)COc1ccc(N(C)c2ccc(-c3ccc(N(C)c4cccc(OC5CCCC6OC56)c4)cc3)cc2)cc1. The highest BCUT2D eigenvalue weighted by Crippen LogP contribution is 2.39. The Morgan fingerprint density at radius 2 is 1.40 bits per heavy atom. The average molecular weight is 561 g/mol. The molecule has 1 saturated carbocycles. The zero-order chi connectivity index (χ0) is 29.1. The molecule has 214 valence electrons. The third-order valence-electron chi connectivity index (χ3n) is 8.13. The molecule has 42 heavy (non-hydrogen) atoms. The van der Waals surface area contributed by atoms with Crippen LogP contribution in [0.2, 0.25) is 0 Å². The molecule has 3 unspecified atom stereocenters. The number of benzene rings is 4. The van der Waals surface area contributed by atoms with Gasteiger partial charge in [0.25, 0.3) is 0 Å². The summed E-state index contributed by atoms with van der Waals surface area (Å²) in [5.41, 5.74) is 6.60. The van der Waals surface area contributed by atoms with Gasteiger partial charge in [0.1, 0.15) is 23.7 Å².